The number of benzene rings is 2. The van der Waals surface area contributed by atoms with Gasteiger partial charge in [-0.05, 0) is 99.7 Å². The summed E-state index contributed by atoms with van der Waals surface area (Å²) >= 11 is 0. The van der Waals surface area contributed by atoms with Gasteiger partial charge in [-0.1, -0.05) is 18.2 Å². The Kier molecular flexibility index (Phi) is 10.4. The molecule has 0 atom stereocenters. The molecule has 0 bridgehead atoms. The highest BCUT2D eigenvalue weighted by molar-refractivity contribution is 5.30. The normalized spacial score (nSPS) is 28.4. The summed E-state index contributed by atoms with van der Waals surface area (Å²) < 4.78 is 102. The van der Waals surface area contributed by atoms with Gasteiger partial charge in [-0.15, -0.1) is 6.58 Å². The van der Waals surface area contributed by atoms with Crippen molar-refractivity contribution in [3.05, 3.63) is 77.4 Å². The minimum Gasteiger partial charge on any atom is -0.432 e. The van der Waals surface area contributed by atoms with Crippen molar-refractivity contribution >= 4 is 0 Å². The highest BCUT2D eigenvalue weighted by Gasteiger charge is 2.44. The van der Waals surface area contributed by atoms with E-state index in [0.717, 1.165) is 63.7 Å². The molecule has 0 unspecified atom stereocenters. The van der Waals surface area contributed by atoms with Gasteiger partial charge in [0.25, 0.3) is 0 Å². The summed E-state index contributed by atoms with van der Waals surface area (Å²) in [6.07, 6.45) is 5.78. The molecule has 1 aliphatic heterocycles. The molecule has 2 aromatic rings. The maximum Gasteiger partial charge on any atom is 0.400 e. The average Bonchev–Trinajstić information content (AvgIpc) is 3.00. The molecule has 0 aromatic heterocycles. The molecule has 0 amide bonds. The third-order valence-corrected chi connectivity index (χ3v) is 9.52. The van der Waals surface area contributed by atoms with E-state index in [1.165, 1.54) is 0 Å². The van der Waals surface area contributed by atoms with Gasteiger partial charge in [-0.2, -0.15) is 8.78 Å². The van der Waals surface area contributed by atoms with E-state index in [0.29, 0.717) is 42.4 Å². The molecule has 236 valence electrons. The van der Waals surface area contributed by atoms with E-state index in [-0.39, 0.29) is 36.8 Å². The van der Waals surface area contributed by atoms with Crippen LogP contribution in [0, 0.1) is 41.0 Å². The lowest BCUT2D eigenvalue weighted by Crippen LogP contribution is -2.38. The van der Waals surface area contributed by atoms with E-state index < -0.39 is 35.2 Å². The van der Waals surface area contributed by atoms with E-state index in [4.69, 9.17) is 9.47 Å². The van der Waals surface area contributed by atoms with Gasteiger partial charge in [0.15, 0.2) is 23.7 Å². The minimum atomic E-state index is -3.70. The third-order valence-electron chi connectivity index (χ3n) is 9.52. The number of hydrogen-bond acceptors (Lipinski definition) is 3. The molecule has 43 heavy (non-hydrogen) atoms. The molecular formula is C34H40F6O3. The second-order valence-corrected chi connectivity index (χ2v) is 12.4. The van der Waals surface area contributed by atoms with Gasteiger partial charge in [-0.25, -0.2) is 17.6 Å². The van der Waals surface area contributed by atoms with Crippen molar-refractivity contribution in [2.24, 2.45) is 17.8 Å². The first-order chi connectivity index (χ1) is 20.6. The standard InChI is InChI=1S/C34H40F6O3/c1-2-3-4-5-21-19-41-33(42-20-21)24-8-6-22(7-9-24)25-12-15-28(29(35)16-25)23-10-13-26(14-11-23)34(39,40)43-27-17-30(36)32(38)31(37)18-27/h2,12,15-18,21-24,26,33H,1,3-11,13-14,19-20H2. The Morgan fingerprint density at radius 1 is 0.814 bits per heavy atom. The van der Waals surface area contributed by atoms with Crippen molar-refractivity contribution in [2.45, 2.75) is 94.9 Å². The third kappa shape index (κ3) is 7.77. The maximum absolute atomic E-state index is 15.3. The summed E-state index contributed by atoms with van der Waals surface area (Å²) in [7, 11) is 0. The first-order valence-electron chi connectivity index (χ1n) is 15.5. The van der Waals surface area contributed by atoms with Gasteiger partial charge in [0.05, 0.1) is 19.1 Å². The number of alkyl halides is 2. The molecular weight excluding hydrogens is 570 g/mol. The quantitative estimate of drug-likeness (QED) is 0.116. The number of allylic oxidation sites excluding steroid dienone is 1. The Morgan fingerprint density at radius 3 is 2.05 bits per heavy atom. The second kappa shape index (κ2) is 14.1. The Bertz CT molecular complexity index is 1210. The summed E-state index contributed by atoms with van der Waals surface area (Å²) in [6.45, 7) is 5.23. The summed E-state index contributed by atoms with van der Waals surface area (Å²) in [4.78, 5) is 0. The highest BCUT2D eigenvalue weighted by atomic mass is 19.3. The molecule has 0 radical (unpaired) electrons. The van der Waals surface area contributed by atoms with Crippen LogP contribution < -0.4 is 4.74 Å². The highest BCUT2D eigenvalue weighted by Crippen LogP contribution is 2.45. The average molecular weight is 611 g/mol. The van der Waals surface area contributed by atoms with Gasteiger partial charge >= 0.3 is 6.11 Å². The zero-order valence-electron chi connectivity index (χ0n) is 24.3. The zero-order valence-corrected chi connectivity index (χ0v) is 24.3. The number of unbranched alkanes of at least 4 members (excludes halogenated alkanes) is 1. The van der Waals surface area contributed by atoms with Gasteiger partial charge in [0.1, 0.15) is 11.6 Å². The molecule has 1 heterocycles. The minimum absolute atomic E-state index is 0.0515. The Labute approximate surface area is 249 Å². The lowest BCUT2D eigenvalue weighted by Gasteiger charge is -2.38. The van der Waals surface area contributed by atoms with E-state index in [2.05, 4.69) is 11.3 Å². The predicted molar refractivity (Wildman–Crippen MR) is 151 cm³/mol. The molecule has 9 heteroatoms. The van der Waals surface area contributed by atoms with Crippen LogP contribution in [0.2, 0.25) is 0 Å². The number of rotatable bonds is 10. The molecule has 2 saturated carbocycles. The lowest BCUT2D eigenvalue weighted by atomic mass is 9.76. The van der Waals surface area contributed by atoms with Gasteiger partial charge in [0, 0.05) is 24.0 Å². The molecule has 2 aliphatic carbocycles. The molecule has 3 fully saturated rings. The monoisotopic (exact) mass is 610 g/mol. The largest absolute Gasteiger partial charge is 0.432 e. The van der Waals surface area contributed by atoms with Crippen molar-refractivity contribution in [1.82, 2.24) is 0 Å². The lowest BCUT2D eigenvalue weighted by molar-refractivity contribution is -0.229. The molecule has 1 saturated heterocycles. The second-order valence-electron chi connectivity index (χ2n) is 12.4. The topological polar surface area (TPSA) is 27.7 Å². The van der Waals surface area contributed by atoms with Crippen LogP contribution >= 0.6 is 0 Å². The molecule has 0 spiro atoms. The summed E-state index contributed by atoms with van der Waals surface area (Å²) in [5, 5.41) is 0. The van der Waals surface area contributed by atoms with Crippen molar-refractivity contribution in [2.75, 3.05) is 13.2 Å². The fourth-order valence-corrected chi connectivity index (χ4v) is 6.97. The van der Waals surface area contributed by atoms with Gasteiger partial charge < -0.3 is 14.2 Å². The zero-order chi connectivity index (χ0) is 30.6. The SMILES string of the molecule is C=CCCCC1COC(C2CCC(c3ccc(C4CCC(C(F)(F)Oc5cc(F)c(F)c(F)c5)CC4)c(F)c3)CC2)OC1. The van der Waals surface area contributed by atoms with E-state index in [9.17, 15) is 22.0 Å². The smallest absolute Gasteiger partial charge is 0.400 e. The first-order valence-corrected chi connectivity index (χ1v) is 15.5. The number of halogens is 6. The Hall–Kier alpha value is -2.52. The van der Waals surface area contributed by atoms with Crippen LogP contribution in [0.5, 0.6) is 5.75 Å². The fourth-order valence-electron chi connectivity index (χ4n) is 6.97. The van der Waals surface area contributed by atoms with E-state index in [1.54, 1.807) is 12.1 Å². The van der Waals surface area contributed by atoms with Crippen molar-refractivity contribution in [1.29, 1.82) is 0 Å². The van der Waals surface area contributed by atoms with Crippen molar-refractivity contribution in [3.63, 3.8) is 0 Å². The first kappa shape index (κ1) is 31.9. The van der Waals surface area contributed by atoms with E-state index in [1.807, 2.05) is 12.1 Å². The van der Waals surface area contributed by atoms with Crippen LogP contribution in [-0.2, 0) is 9.47 Å². The fraction of sp³-hybridized carbons (Fsp3) is 0.588. The molecule has 5 rings (SSSR count). The Balaban J connectivity index is 1.09. The van der Waals surface area contributed by atoms with Crippen LogP contribution in [0.3, 0.4) is 0 Å². The summed E-state index contributed by atoms with van der Waals surface area (Å²) in [6, 6.07) is 6.16. The van der Waals surface area contributed by atoms with Gasteiger partial charge in [-0.3, -0.25) is 0 Å². The summed E-state index contributed by atoms with van der Waals surface area (Å²) in [5.41, 5.74) is 1.48. The number of hydrogen-bond donors (Lipinski definition) is 0. The maximum atomic E-state index is 15.3. The van der Waals surface area contributed by atoms with Crippen LogP contribution in [0.15, 0.2) is 43.0 Å². The van der Waals surface area contributed by atoms with Crippen LogP contribution in [0.25, 0.3) is 0 Å². The Morgan fingerprint density at radius 2 is 1.44 bits per heavy atom. The predicted octanol–water partition coefficient (Wildman–Crippen LogP) is 9.81. The number of ether oxygens (including phenoxy) is 3. The molecule has 3 aliphatic rings. The molecule has 3 nitrogen and oxygen atoms in total. The van der Waals surface area contributed by atoms with Crippen LogP contribution in [0.1, 0.15) is 93.6 Å². The van der Waals surface area contributed by atoms with Crippen LogP contribution in [-0.4, -0.2) is 25.6 Å². The van der Waals surface area contributed by atoms with Crippen LogP contribution in [0.4, 0.5) is 26.3 Å². The molecule has 0 N–H and O–H groups in total. The van der Waals surface area contributed by atoms with Crippen molar-refractivity contribution in [3.8, 4) is 5.75 Å². The van der Waals surface area contributed by atoms with Gasteiger partial charge in [0.2, 0.25) is 0 Å². The van der Waals surface area contributed by atoms with Crippen molar-refractivity contribution < 1.29 is 40.6 Å². The molecule has 2 aromatic carbocycles. The summed E-state index contributed by atoms with van der Waals surface area (Å²) in [5.74, 6) is -6.43. The van der Waals surface area contributed by atoms with E-state index >= 15 is 4.39 Å².